The number of carbonyl (C=O) groups excluding carboxylic acids is 2. The van der Waals surface area contributed by atoms with Gasteiger partial charge in [0.15, 0.2) is 0 Å². The summed E-state index contributed by atoms with van der Waals surface area (Å²) >= 11 is 0. The molecule has 5 heteroatoms. The van der Waals surface area contributed by atoms with Crippen LogP contribution in [0, 0.1) is 6.92 Å². The molecule has 1 N–H and O–H groups in total. The van der Waals surface area contributed by atoms with Crippen LogP contribution < -0.4 is 5.32 Å². The number of benzene rings is 1. The first-order valence-electron chi connectivity index (χ1n) is 9.24. The van der Waals surface area contributed by atoms with Gasteiger partial charge >= 0.3 is 0 Å². The molecule has 136 valence electrons. The molecular weight excluding hydrogens is 326 g/mol. The third-order valence-corrected chi connectivity index (χ3v) is 4.99. The fourth-order valence-corrected chi connectivity index (χ4v) is 3.44. The molecule has 26 heavy (non-hydrogen) atoms. The van der Waals surface area contributed by atoms with Crippen molar-refractivity contribution in [3.63, 3.8) is 0 Å². The number of likely N-dealkylation sites (tertiary alicyclic amines) is 1. The van der Waals surface area contributed by atoms with Gasteiger partial charge in [-0.25, -0.2) is 0 Å². The first kappa shape index (κ1) is 18.1. The smallest absolute Gasteiger partial charge is 0.272 e. The van der Waals surface area contributed by atoms with Gasteiger partial charge in [0.2, 0.25) is 0 Å². The lowest BCUT2D eigenvalue weighted by molar-refractivity contribution is 0.0602. The highest BCUT2D eigenvalue weighted by molar-refractivity contribution is 6.06. The van der Waals surface area contributed by atoms with Gasteiger partial charge in [0, 0.05) is 30.0 Å². The second-order valence-corrected chi connectivity index (χ2v) is 6.76. The maximum Gasteiger partial charge on any atom is 0.272 e. The Morgan fingerprint density at radius 2 is 2.04 bits per heavy atom. The first-order valence-corrected chi connectivity index (χ1v) is 9.24. The monoisotopic (exact) mass is 351 g/mol. The molecule has 0 radical (unpaired) electrons. The Kier molecular flexibility index (Phi) is 5.66. The topological polar surface area (TPSA) is 62.3 Å². The number of aromatic nitrogens is 1. The van der Waals surface area contributed by atoms with E-state index in [9.17, 15) is 9.59 Å². The van der Waals surface area contributed by atoms with Gasteiger partial charge in [0.05, 0.1) is 0 Å². The van der Waals surface area contributed by atoms with Crippen molar-refractivity contribution in [1.29, 1.82) is 0 Å². The van der Waals surface area contributed by atoms with Crippen molar-refractivity contribution < 1.29 is 9.59 Å². The Morgan fingerprint density at radius 1 is 1.23 bits per heavy atom. The number of pyridine rings is 1. The number of anilines is 1. The molecule has 1 aliphatic rings. The maximum absolute atomic E-state index is 12.9. The molecule has 0 aliphatic carbocycles. The number of piperidine rings is 1. The van der Waals surface area contributed by atoms with Crippen LogP contribution in [0.3, 0.4) is 0 Å². The van der Waals surface area contributed by atoms with E-state index in [0.29, 0.717) is 11.3 Å². The predicted molar refractivity (Wildman–Crippen MR) is 102 cm³/mol. The zero-order valence-corrected chi connectivity index (χ0v) is 15.4. The highest BCUT2D eigenvalue weighted by atomic mass is 16.2. The van der Waals surface area contributed by atoms with Gasteiger partial charge < -0.3 is 10.2 Å². The van der Waals surface area contributed by atoms with E-state index in [2.05, 4.69) is 17.2 Å². The summed E-state index contributed by atoms with van der Waals surface area (Å²) in [5.74, 6) is -0.316. The first-order chi connectivity index (χ1) is 12.6. The molecule has 0 bridgehead atoms. The minimum absolute atomic E-state index is 0.0814. The number of amides is 2. The van der Waals surface area contributed by atoms with Crippen LogP contribution >= 0.6 is 0 Å². The number of para-hydroxylation sites is 1. The molecule has 1 aliphatic heterocycles. The van der Waals surface area contributed by atoms with E-state index >= 15 is 0 Å². The molecule has 1 unspecified atom stereocenters. The zero-order valence-electron chi connectivity index (χ0n) is 15.4. The van der Waals surface area contributed by atoms with E-state index in [4.69, 9.17) is 0 Å². The summed E-state index contributed by atoms with van der Waals surface area (Å²) in [4.78, 5) is 31.6. The number of aryl methyl sites for hydroxylation is 1. The van der Waals surface area contributed by atoms with E-state index in [1.165, 1.54) is 6.20 Å². The van der Waals surface area contributed by atoms with Gasteiger partial charge in [-0.3, -0.25) is 14.6 Å². The van der Waals surface area contributed by atoms with Crippen LogP contribution in [0.25, 0.3) is 0 Å². The number of nitrogens with one attached hydrogen (secondary N) is 1. The number of nitrogens with zero attached hydrogens (tertiary/aromatic N) is 2. The lowest BCUT2D eigenvalue weighted by atomic mass is 9.99. The lowest BCUT2D eigenvalue weighted by Gasteiger charge is -2.35. The van der Waals surface area contributed by atoms with Gasteiger partial charge in [-0.15, -0.1) is 0 Å². The van der Waals surface area contributed by atoms with E-state index < -0.39 is 0 Å². The molecule has 0 saturated carbocycles. The van der Waals surface area contributed by atoms with Crippen molar-refractivity contribution in [3.8, 4) is 0 Å². The average molecular weight is 351 g/mol. The van der Waals surface area contributed by atoms with Crippen molar-refractivity contribution in [3.05, 3.63) is 59.4 Å². The molecule has 0 spiro atoms. The molecular formula is C21H25N3O2. The summed E-state index contributed by atoms with van der Waals surface area (Å²) in [6.45, 7) is 4.81. The summed E-state index contributed by atoms with van der Waals surface area (Å²) in [5, 5.41) is 2.90. The summed E-state index contributed by atoms with van der Waals surface area (Å²) in [7, 11) is 0. The molecule has 1 saturated heterocycles. The number of rotatable bonds is 4. The SMILES string of the molecule is CCC1CCCCN1C(=O)c1cc(C(=O)Nc2ccccc2C)ccn1. The zero-order chi connectivity index (χ0) is 18.5. The van der Waals surface area contributed by atoms with Crippen molar-refractivity contribution in [2.45, 2.75) is 45.6 Å². The second kappa shape index (κ2) is 8.13. The third-order valence-electron chi connectivity index (χ3n) is 4.99. The molecule has 1 aromatic heterocycles. The lowest BCUT2D eigenvalue weighted by Crippen LogP contribution is -2.43. The number of hydrogen-bond acceptors (Lipinski definition) is 3. The highest BCUT2D eigenvalue weighted by Gasteiger charge is 2.27. The Balaban J connectivity index is 1.78. The summed E-state index contributed by atoms with van der Waals surface area (Å²) in [6, 6.07) is 11.1. The van der Waals surface area contributed by atoms with Crippen molar-refractivity contribution in [2.75, 3.05) is 11.9 Å². The summed E-state index contributed by atoms with van der Waals surface area (Å²) < 4.78 is 0. The van der Waals surface area contributed by atoms with E-state index in [1.807, 2.05) is 36.1 Å². The van der Waals surface area contributed by atoms with Gasteiger partial charge in [0.1, 0.15) is 5.69 Å². The van der Waals surface area contributed by atoms with Crippen LogP contribution in [0.5, 0.6) is 0 Å². The summed E-state index contributed by atoms with van der Waals surface area (Å²) in [5.41, 5.74) is 2.54. The second-order valence-electron chi connectivity index (χ2n) is 6.76. The van der Waals surface area contributed by atoms with Crippen LogP contribution in [0.15, 0.2) is 42.6 Å². The van der Waals surface area contributed by atoms with Gasteiger partial charge in [-0.1, -0.05) is 25.1 Å². The van der Waals surface area contributed by atoms with Gasteiger partial charge in [0.25, 0.3) is 11.8 Å². The average Bonchev–Trinajstić information content (AvgIpc) is 2.69. The molecule has 2 amide bonds. The van der Waals surface area contributed by atoms with Crippen LogP contribution in [-0.2, 0) is 0 Å². The van der Waals surface area contributed by atoms with Gasteiger partial charge in [-0.05, 0) is 56.4 Å². The highest BCUT2D eigenvalue weighted by Crippen LogP contribution is 2.22. The normalized spacial score (nSPS) is 17.0. The van der Waals surface area contributed by atoms with Crippen LogP contribution in [0.2, 0.25) is 0 Å². The van der Waals surface area contributed by atoms with Crippen molar-refractivity contribution >= 4 is 17.5 Å². The Morgan fingerprint density at radius 3 is 2.81 bits per heavy atom. The Hall–Kier alpha value is -2.69. The van der Waals surface area contributed by atoms with Crippen LogP contribution in [0.4, 0.5) is 5.69 Å². The van der Waals surface area contributed by atoms with E-state index in [-0.39, 0.29) is 17.9 Å². The number of carbonyl (C=O) groups is 2. The van der Waals surface area contributed by atoms with Crippen LogP contribution in [-0.4, -0.2) is 34.3 Å². The minimum Gasteiger partial charge on any atom is -0.334 e. The molecule has 2 aromatic rings. The fraction of sp³-hybridized carbons (Fsp3) is 0.381. The van der Waals surface area contributed by atoms with E-state index in [1.54, 1.807) is 12.1 Å². The Bertz CT molecular complexity index is 803. The quantitative estimate of drug-likeness (QED) is 0.904. The van der Waals surface area contributed by atoms with Crippen LogP contribution in [0.1, 0.15) is 59.0 Å². The summed E-state index contributed by atoms with van der Waals surface area (Å²) in [6.07, 6.45) is 5.70. The third kappa shape index (κ3) is 3.93. The minimum atomic E-state index is -0.235. The fourth-order valence-electron chi connectivity index (χ4n) is 3.44. The largest absolute Gasteiger partial charge is 0.334 e. The maximum atomic E-state index is 12.9. The molecule has 1 aromatic carbocycles. The van der Waals surface area contributed by atoms with Crippen molar-refractivity contribution in [1.82, 2.24) is 9.88 Å². The number of hydrogen-bond donors (Lipinski definition) is 1. The molecule has 2 heterocycles. The molecule has 1 atom stereocenters. The van der Waals surface area contributed by atoms with Crippen molar-refractivity contribution in [2.24, 2.45) is 0 Å². The molecule has 3 rings (SSSR count). The molecule has 1 fully saturated rings. The predicted octanol–water partition coefficient (Wildman–Crippen LogP) is 4.05. The van der Waals surface area contributed by atoms with E-state index in [0.717, 1.165) is 43.5 Å². The van der Waals surface area contributed by atoms with Gasteiger partial charge in [-0.2, -0.15) is 0 Å². The molecule has 5 nitrogen and oxygen atoms in total. The standard InChI is InChI=1S/C21H25N3O2/c1-3-17-9-6-7-13-24(17)21(26)19-14-16(11-12-22-19)20(25)23-18-10-5-4-8-15(18)2/h4-5,8,10-12,14,17H,3,6-7,9,13H2,1-2H3,(H,23,25). The Labute approximate surface area is 154 Å².